The lowest BCUT2D eigenvalue weighted by molar-refractivity contribution is -0.134. The number of carbonyl (C=O) groups is 2. The molecule has 3 saturated heterocycles. The van der Waals surface area contributed by atoms with Gasteiger partial charge in [-0.1, -0.05) is 48.2 Å². The fraction of sp³-hybridized carbons (Fsp3) is 0.576. The van der Waals surface area contributed by atoms with Crippen molar-refractivity contribution in [3.63, 3.8) is 0 Å². The highest BCUT2D eigenvalue weighted by molar-refractivity contribution is 6.42. The van der Waals surface area contributed by atoms with Gasteiger partial charge in [0.1, 0.15) is 11.3 Å². The molecule has 1 aliphatic carbocycles. The Hall–Kier alpha value is -2.48. The molecule has 0 radical (unpaired) electrons. The molecule has 4 aliphatic rings. The number of hydrogen-bond acceptors (Lipinski definition) is 5. The van der Waals surface area contributed by atoms with E-state index in [9.17, 15) is 9.59 Å². The van der Waals surface area contributed by atoms with E-state index in [-0.39, 0.29) is 17.2 Å². The lowest BCUT2D eigenvalue weighted by atomic mass is 9.75. The molecule has 1 spiro atoms. The smallest absolute Gasteiger partial charge is 0.247 e. The number of halogens is 2. The Morgan fingerprint density at radius 2 is 1.81 bits per heavy atom. The predicted octanol–water partition coefficient (Wildman–Crippen LogP) is 5.87. The van der Waals surface area contributed by atoms with E-state index in [1.54, 1.807) is 7.11 Å². The van der Waals surface area contributed by atoms with Crippen LogP contribution in [0, 0.1) is 5.92 Å². The first-order valence-electron chi connectivity index (χ1n) is 15.5. The van der Waals surface area contributed by atoms with Gasteiger partial charge >= 0.3 is 0 Å². The Balaban J connectivity index is 1.11. The average Bonchev–Trinajstić information content (AvgIpc) is 3.76. The second-order valence-electron chi connectivity index (χ2n) is 12.7. The maximum atomic E-state index is 13.4. The molecule has 6 rings (SSSR count). The topological polar surface area (TPSA) is 65.1 Å². The van der Waals surface area contributed by atoms with Gasteiger partial charge in [0.25, 0.3) is 0 Å². The van der Waals surface area contributed by atoms with E-state index < -0.39 is 5.54 Å². The quantitative estimate of drug-likeness (QED) is 0.404. The van der Waals surface area contributed by atoms with Crippen molar-refractivity contribution in [2.75, 3.05) is 51.4 Å². The van der Waals surface area contributed by atoms with Crippen molar-refractivity contribution in [3.8, 4) is 5.75 Å². The summed E-state index contributed by atoms with van der Waals surface area (Å²) in [5, 5.41) is 4.24. The lowest BCUT2D eigenvalue weighted by Gasteiger charge is -2.43. The van der Waals surface area contributed by atoms with Gasteiger partial charge in [-0.05, 0) is 81.3 Å². The van der Waals surface area contributed by atoms with Crippen LogP contribution in [0.1, 0.15) is 63.4 Å². The number of piperidine rings is 1. The molecular weight excluding hydrogens is 571 g/mol. The third-order valence-corrected chi connectivity index (χ3v) is 11.2. The normalized spacial score (nSPS) is 24.5. The Morgan fingerprint density at radius 3 is 2.55 bits per heavy atom. The standard InChI is InChI=1S/C33H42Cl2N4O3/c1-42-27-9-4-8-26(21-27)39-23-36-31(41)33(39)14-17-37(18-15-33)16-5-12-32(25-10-11-28(34)29(35)20-25)13-19-38(22-32)30(40)24-6-2-3-7-24/h4,8-11,20-21,24H,2-3,5-7,12-19,22-23H2,1H3,(H,36,41). The Bertz CT molecular complexity index is 1310. The highest BCUT2D eigenvalue weighted by Crippen LogP contribution is 2.43. The number of amides is 2. The average molecular weight is 614 g/mol. The van der Waals surface area contributed by atoms with Crippen LogP contribution in [0.15, 0.2) is 42.5 Å². The molecule has 1 unspecified atom stereocenters. The third-order valence-electron chi connectivity index (χ3n) is 10.4. The zero-order chi connectivity index (χ0) is 29.3. The number of anilines is 1. The zero-order valence-corrected chi connectivity index (χ0v) is 26.1. The summed E-state index contributed by atoms with van der Waals surface area (Å²) in [6.07, 6.45) is 8.91. The van der Waals surface area contributed by atoms with Crippen LogP contribution in [0.2, 0.25) is 10.0 Å². The highest BCUT2D eigenvalue weighted by atomic mass is 35.5. The summed E-state index contributed by atoms with van der Waals surface area (Å²) in [7, 11) is 1.67. The Kier molecular flexibility index (Phi) is 8.63. The minimum absolute atomic E-state index is 0.117. The van der Waals surface area contributed by atoms with Crippen LogP contribution in [0.3, 0.4) is 0 Å². The first kappa shape index (κ1) is 29.6. The Morgan fingerprint density at radius 1 is 1.02 bits per heavy atom. The summed E-state index contributed by atoms with van der Waals surface area (Å²) in [4.78, 5) is 33.4. The van der Waals surface area contributed by atoms with E-state index in [0.29, 0.717) is 22.6 Å². The van der Waals surface area contributed by atoms with Crippen LogP contribution in [-0.2, 0) is 15.0 Å². The van der Waals surface area contributed by atoms with Gasteiger partial charge in [-0.3, -0.25) is 9.59 Å². The molecule has 2 amide bonds. The van der Waals surface area contributed by atoms with Crippen molar-refractivity contribution in [1.29, 1.82) is 0 Å². The molecule has 7 nitrogen and oxygen atoms in total. The van der Waals surface area contributed by atoms with Crippen molar-refractivity contribution in [3.05, 3.63) is 58.1 Å². The van der Waals surface area contributed by atoms with Crippen molar-refractivity contribution in [2.45, 2.75) is 68.7 Å². The van der Waals surface area contributed by atoms with E-state index in [4.69, 9.17) is 27.9 Å². The summed E-state index contributed by atoms with van der Waals surface area (Å²) in [5.74, 6) is 1.46. The lowest BCUT2D eigenvalue weighted by Crippen LogP contribution is -2.56. The van der Waals surface area contributed by atoms with Gasteiger partial charge in [0.05, 0.1) is 23.8 Å². The molecule has 2 aromatic rings. The molecule has 4 fully saturated rings. The van der Waals surface area contributed by atoms with Gasteiger partial charge in [-0.25, -0.2) is 0 Å². The molecule has 1 atom stereocenters. The van der Waals surface area contributed by atoms with Crippen LogP contribution < -0.4 is 15.0 Å². The minimum atomic E-state index is -0.517. The number of nitrogens with one attached hydrogen (secondary N) is 1. The molecule has 9 heteroatoms. The van der Waals surface area contributed by atoms with Crippen molar-refractivity contribution >= 4 is 40.7 Å². The van der Waals surface area contributed by atoms with Crippen molar-refractivity contribution in [2.24, 2.45) is 5.92 Å². The molecule has 42 heavy (non-hydrogen) atoms. The maximum Gasteiger partial charge on any atom is 0.247 e. The number of methoxy groups -OCH3 is 1. The molecule has 1 saturated carbocycles. The van der Waals surface area contributed by atoms with Gasteiger partial charge in [0, 0.05) is 49.3 Å². The maximum absolute atomic E-state index is 13.4. The van der Waals surface area contributed by atoms with Gasteiger partial charge in [0.15, 0.2) is 0 Å². The van der Waals surface area contributed by atoms with E-state index >= 15 is 0 Å². The number of hydrogen-bond donors (Lipinski definition) is 1. The van der Waals surface area contributed by atoms with Gasteiger partial charge in [-0.15, -0.1) is 0 Å². The zero-order valence-electron chi connectivity index (χ0n) is 24.5. The van der Waals surface area contributed by atoms with Crippen LogP contribution in [-0.4, -0.2) is 73.7 Å². The van der Waals surface area contributed by atoms with Crippen LogP contribution in [0.4, 0.5) is 5.69 Å². The van der Waals surface area contributed by atoms with Gasteiger partial charge in [0.2, 0.25) is 11.8 Å². The number of nitrogens with zero attached hydrogens (tertiary/aromatic N) is 3. The summed E-state index contributed by atoms with van der Waals surface area (Å²) >= 11 is 12.8. The second-order valence-corrected chi connectivity index (χ2v) is 13.5. The summed E-state index contributed by atoms with van der Waals surface area (Å²) in [5.41, 5.74) is 1.57. The monoisotopic (exact) mass is 612 g/mol. The number of likely N-dealkylation sites (tertiary alicyclic amines) is 2. The van der Waals surface area contributed by atoms with E-state index in [1.165, 1.54) is 5.56 Å². The van der Waals surface area contributed by atoms with E-state index in [0.717, 1.165) is 102 Å². The number of rotatable bonds is 8. The summed E-state index contributed by atoms with van der Waals surface area (Å²) in [6.45, 7) is 4.79. The molecule has 3 aliphatic heterocycles. The number of ether oxygens (including phenoxy) is 1. The third kappa shape index (κ3) is 5.60. The Labute approximate surface area is 259 Å². The van der Waals surface area contributed by atoms with Gasteiger partial charge < -0.3 is 24.8 Å². The molecular formula is C33H42Cl2N4O3. The van der Waals surface area contributed by atoms with Crippen molar-refractivity contribution in [1.82, 2.24) is 15.1 Å². The molecule has 1 N–H and O–H groups in total. The molecule has 2 aromatic carbocycles. The summed E-state index contributed by atoms with van der Waals surface area (Å²) < 4.78 is 5.44. The van der Waals surface area contributed by atoms with Crippen LogP contribution in [0.5, 0.6) is 5.75 Å². The molecule has 0 aromatic heterocycles. The van der Waals surface area contributed by atoms with E-state index in [1.807, 2.05) is 30.3 Å². The summed E-state index contributed by atoms with van der Waals surface area (Å²) in [6, 6.07) is 14.0. The van der Waals surface area contributed by atoms with Crippen LogP contribution in [0.25, 0.3) is 0 Å². The largest absolute Gasteiger partial charge is 0.497 e. The molecule has 0 bridgehead atoms. The van der Waals surface area contributed by atoms with Crippen molar-refractivity contribution < 1.29 is 14.3 Å². The predicted molar refractivity (Wildman–Crippen MR) is 167 cm³/mol. The fourth-order valence-electron chi connectivity index (χ4n) is 7.89. The van der Waals surface area contributed by atoms with Crippen LogP contribution >= 0.6 is 23.2 Å². The fourth-order valence-corrected chi connectivity index (χ4v) is 8.19. The number of carbonyl (C=O) groups excluding carboxylic acids is 2. The second kappa shape index (κ2) is 12.3. The number of benzene rings is 2. The minimum Gasteiger partial charge on any atom is -0.497 e. The highest BCUT2D eigenvalue weighted by Gasteiger charge is 2.50. The van der Waals surface area contributed by atoms with Gasteiger partial charge in [-0.2, -0.15) is 0 Å². The molecule has 226 valence electrons. The van der Waals surface area contributed by atoms with E-state index in [2.05, 4.69) is 32.1 Å². The first-order chi connectivity index (χ1) is 20.3. The molecule has 3 heterocycles. The first-order valence-corrected chi connectivity index (χ1v) is 16.3. The SMILES string of the molecule is COc1cccc(N2CNC(=O)C23CCN(CCCC2(c4ccc(Cl)c(Cl)c4)CCN(C(=O)C4CCCC4)C2)CC3)c1.